The zero-order valence-electron chi connectivity index (χ0n) is 12.4. The van der Waals surface area contributed by atoms with Gasteiger partial charge >= 0.3 is 0 Å². The maximum absolute atomic E-state index is 11.8. The van der Waals surface area contributed by atoms with Crippen LogP contribution in [0, 0.1) is 0 Å². The van der Waals surface area contributed by atoms with Crippen molar-refractivity contribution in [3.63, 3.8) is 0 Å². The molecule has 112 valence electrons. The summed E-state index contributed by atoms with van der Waals surface area (Å²) in [5.74, 6) is -0.423. The number of rotatable bonds is 10. The monoisotopic (exact) mass is 280 g/mol. The molecule has 1 aliphatic carbocycles. The Labute approximate surface area is 120 Å². The summed E-state index contributed by atoms with van der Waals surface area (Å²) in [7, 11) is 0. The van der Waals surface area contributed by atoms with Crippen LogP contribution in [-0.4, -0.2) is 24.8 Å². The molecule has 0 aliphatic heterocycles. The van der Waals surface area contributed by atoms with Gasteiger partial charge in [0, 0.05) is 0 Å². The summed E-state index contributed by atoms with van der Waals surface area (Å²) in [5, 5.41) is 0. The average Bonchev–Trinajstić information content (AvgIpc) is 2.45. The first kappa shape index (κ1) is 16.5. The Bertz CT molecular complexity index is 357. The molecule has 0 N–H and O–H groups in total. The highest BCUT2D eigenvalue weighted by Crippen LogP contribution is 2.18. The molecule has 0 radical (unpaired) electrons. The molecule has 0 saturated carbocycles. The fraction of sp³-hybridized carbons (Fsp3) is 0.625. The molecule has 0 aromatic carbocycles. The van der Waals surface area contributed by atoms with Gasteiger partial charge in [0.15, 0.2) is 0 Å². The minimum atomic E-state index is -0.286. The van der Waals surface area contributed by atoms with Crippen molar-refractivity contribution in [1.29, 1.82) is 0 Å². The van der Waals surface area contributed by atoms with E-state index in [4.69, 9.17) is 9.47 Å². The maximum atomic E-state index is 11.8. The third-order valence-electron chi connectivity index (χ3n) is 3.03. The van der Waals surface area contributed by atoms with Crippen molar-refractivity contribution in [3.8, 4) is 0 Å². The van der Waals surface area contributed by atoms with Gasteiger partial charge in [-0.05, 0) is 25.0 Å². The highest BCUT2D eigenvalue weighted by Gasteiger charge is 2.25. The zero-order valence-corrected chi connectivity index (χ0v) is 12.4. The molecular formula is C16H24O4. The first-order chi connectivity index (χ1) is 9.70. The third kappa shape index (κ3) is 5.19. The lowest BCUT2D eigenvalue weighted by Crippen LogP contribution is -2.19. The standard InChI is InChI=1S/C16H24O4/c1-3-5-7-11-19-15-13(17)9-10-14(18)16(15)20-12-8-6-4-2/h9-10H,3-8,11-12H2,1-2H3. The van der Waals surface area contributed by atoms with E-state index in [-0.39, 0.29) is 23.1 Å². The molecule has 20 heavy (non-hydrogen) atoms. The van der Waals surface area contributed by atoms with Crippen molar-refractivity contribution in [2.24, 2.45) is 0 Å². The Morgan fingerprint density at radius 3 is 1.50 bits per heavy atom. The minimum absolute atomic E-state index is 0.0742. The summed E-state index contributed by atoms with van der Waals surface area (Å²) < 4.78 is 10.9. The summed E-state index contributed by atoms with van der Waals surface area (Å²) in [4.78, 5) is 23.6. The SMILES string of the molecule is CCCCCOC1=C(OCCCCC)C(=O)C=CC1=O. The molecule has 4 nitrogen and oxygen atoms in total. The molecular weight excluding hydrogens is 256 g/mol. The number of carbonyl (C=O) groups is 2. The van der Waals surface area contributed by atoms with Crippen LogP contribution in [0.3, 0.4) is 0 Å². The third-order valence-corrected chi connectivity index (χ3v) is 3.03. The van der Waals surface area contributed by atoms with Gasteiger partial charge in [-0.2, -0.15) is 0 Å². The van der Waals surface area contributed by atoms with Crippen molar-refractivity contribution < 1.29 is 19.1 Å². The summed E-state index contributed by atoms with van der Waals surface area (Å²) in [6.45, 7) is 5.08. The van der Waals surface area contributed by atoms with Crippen LogP contribution < -0.4 is 0 Å². The van der Waals surface area contributed by atoms with Crippen molar-refractivity contribution in [1.82, 2.24) is 0 Å². The first-order valence-electron chi connectivity index (χ1n) is 7.47. The van der Waals surface area contributed by atoms with Gasteiger partial charge in [0.2, 0.25) is 23.1 Å². The molecule has 0 aromatic rings. The van der Waals surface area contributed by atoms with Crippen LogP contribution in [0.1, 0.15) is 52.4 Å². The predicted octanol–water partition coefficient (Wildman–Crippen LogP) is 3.32. The van der Waals surface area contributed by atoms with E-state index in [1.54, 1.807) is 0 Å². The number of ketones is 2. The Hall–Kier alpha value is -1.58. The molecule has 0 atom stereocenters. The van der Waals surface area contributed by atoms with Crippen LogP contribution in [0.25, 0.3) is 0 Å². The van der Waals surface area contributed by atoms with E-state index in [1.165, 1.54) is 12.2 Å². The Morgan fingerprint density at radius 1 is 0.750 bits per heavy atom. The second kappa shape index (κ2) is 9.34. The fourth-order valence-electron chi connectivity index (χ4n) is 1.85. The molecule has 4 heteroatoms. The van der Waals surface area contributed by atoms with E-state index in [1.807, 2.05) is 0 Å². The highest BCUT2D eigenvalue weighted by molar-refractivity contribution is 6.18. The molecule has 1 aliphatic rings. The molecule has 0 unspecified atom stereocenters. The molecule has 0 fully saturated rings. The lowest BCUT2D eigenvalue weighted by molar-refractivity contribution is -0.120. The number of allylic oxidation sites excluding steroid dienone is 2. The number of hydrogen-bond donors (Lipinski definition) is 0. The van der Waals surface area contributed by atoms with E-state index >= 15 is 0 Å². The van der Waals surface area contributed by atoms with E-state index in [2.05, 4.69) is 13.8 Å². The molecule has 0 bridgehead atoms. The zero-order chi connectivity index (χ0) is 14.8. The van der Waals surface area contributed by atoms with Gasteiger partial charge in [-0.15, -0.1) is 0 Å². The second-order valence-electron chi connectivity index (χ2n) is 4.83. The maximum Gasteiger partial charge on any atom is 0.224 e. The van der Waals surface area contributed by atoms with Crippen LogP contribution in [0.2, 0.25) is 0 Å². The molecule has 0 aromatic heterocycles. The fourth-order valence-corrected chi connectivity index (χ4v) is 1.85. The normalized spacial score (nSPS) is 14.9. The van der Waals surface area contributed by atoms with Gasteiger partial charge < -0.3 is 9.47 Å². The average molecular weight is 280 g/mol. The smallest absolute Gasteiger partial charge is 0.224 e. The van der Waals surface area contributed by atoms with Crippen molar-refractivity contribution in [2.75, 3.05) is 13.2 Å². The molecule has 0 saturated heterocycles. The minimum Gasteiger partial charge on any atom is -0.486 e. The number of hydrogen-bond acceptors (Lipinski definition) is 4. The van der Waals surface area contributed by atoms with E-state index in [0.717, 1.165) is 38.5 Å². The first-order valence-corrected chi connectivity index (χ1v) is 7.47. The van der Waals surface area contributed by atoms with Gasteiger partial charge in [-0.3, -0.25) is 9.59 Å². The van der Waals surface area contributed by atoms with Crippen LogP contribution in [0.5, 0.6) is 0 Å². The number of unbranched alkanes of at least 4 members (excludes halogenated alkanes) is 4. The largest absolute Gasteiger partial charge is 0.486 e. The topological polar surface area (TPSA) is 52.6 Å². The Kier molecular flexibility index (Phi) is 7.70. The van der Waals surface area contributed by atoms with Gasteiger partial charge in [0.05, 0.1) is 13.2 Å². The van der Waals surface area contributed by atoms with E-state index in [0.29, 0.717) is 13.2 Å². The predicted molar refractivity (Wildman–Crippen MR) is 77.1 cm³/mol. The van der Waals surface area contributed by atoms with Crippen LogP contribution in [-0.2, 0) is 19.1 Å². The Balaban J connectivity index is 2.61. The van der Waals surface area contributed by atoms with Crippen molar-refractivity contribution >= 4 is 11.6 Å². The summed E-state index contributed by atoms with van der Waals surface area (Å²) >= 11 is 0. The van der Waals surface area contributed by atoms with Crippen LogP contribution in [0.15, 0.2) is 23.7 Å². The quantitative estimate of drug-likeness (QED) is 0.455. The van der Waals surface area contributed by atoms with Gasteiger partial charge in [-0.25, -0.2) is 0 Å². The van der Waals surface area contributed by atoms with Crippen molar-refractivity contribution in [3.05, 3.63) is 23.7 Å². The van der Waals surface area contributed by atoms with E-state index in [9.17, 15) is 9.59 Å². The molecule has 0 heterocycles. The summed E-state index contributed by atoms with van der Waals surface area (Å²) in [6.07, 6.45) is 8.47. The summed E-state index contributed by atoms with van der Waals surface area (Å²) in [5.41, 5.74) is 0. The van der Waals surface area contributed by atoms with Gasteiger partial charge in [0.25, 0.3) is 0 Å². The lowest BCUT2D eigenvalue weighted by atomic mass is 10.1. The van der Waals surface area contributed by atoms with Crippen LogP contribution >= 0.6 is 0 Å². The number of carbonyl (C=O) groups excluding carboxylic acids is 2. The Morgan fingerprint density at radius 2 is 1.15 bits per heavy atom. The highest BCUT2D eigenvalue weighted by atomic mass is 16.5. The van der Waals surface area contributed by atoms with E-state index < -0.39 is 0 Å². The van der Waals surface area contributed by atoms with Crippen molar-refractivity contribution in [2.45, 2.75) is 52.4 Å². The van der Waals surface area contributed by atoms with Gasteiger partial charge in [0.1, 0.15) is 0 Å². The van der Waals surface area contributed by atoms with Crippen LogP contribution in [0.4, 0.5) is 0 Å². The second-order valence-corrected chi connectivity index (χ2v) is 4.83. The molecule has 0 amide bonds. The molecule has 0 spiro atoms. The summed E-state index contributed by atoms with van der Waals surface area (Å²) in [6, 6.07) is 0. The lowest BCUT2D eigenvalue weighted by Gasteiger charge is -2.16. The van der Waals surface area contributed by atoms with Gasteiger partial charge in [-0.1, -0.05) is 39.5 Å². The molecule has 1 rings (SSSR count). The number of ether oxygens (including phenoxy) is 2.